The van der Waals surface area contributed by atoms with Gasteiger partial charge in [-0.1, -0.05) is 32.0 Å². The average Bonchev–Trinajstić information content (AvgIpc) is 3.32. The number of rotatable bonds is 6. The maximum atomic E-state index is 12.5. The number of aromatic amines is 1. The summed E-state index contributed by atoms with van der Waals surface area (Å²) in [4.78, 5) is 19.5. The van der Waals surface area contributed by atoms with Gasteiger partial charge in [0.2, 0.25) is 5.91 Å². The van der Waals surface area contributed by atoms with Crippen LogP contribution in [0.15, 0.2) is 42.6 Å². The first-order chi connectivity index (χ1) is 13.5. The van der Waals surface area contributed by atoms with Gasteiger partial charge in [0.15, 0.2) is 0 Å². The predicted octanol–water partition coefficient (Wildman–Crippen LogP) is 4.08. The Kier molecular flexibility index (Phi) is 5.13. The molecule has 0 unspecified atom stereocenters. The van der Waals surface area contributed by atoms with Crippen molar-refractivity contribution in [3.8, 4) is 11.3 Å². The lowest BCUT2D eigenvalue weighted by molar-refractivity contribution is -0.118. The molecule has 2 N–H and O–H groups in total. The van der Waals surface area contributed by atoms with Crippen LogP contribution in [-0.2, 0) is 4.79 Å². The quantitative estimate of drug-likeness (QED) is 0.679. The molecule has 3 heterocycles. The van der Waals surface area contributed by atoms with Gasteiger partial charge in [0.25, 0.3) is 0 Å². The molecule has 0 saturated carbocycles. The molecule has 6 heteroatoms. The fraction of sp³-hybridized carbons (Fsp3) is 0.409. The van der Waals surface area contributed by atoms with Crippen molar-refractivity contribution in [3.05, 3.63) is 42.6 Å². The summed E-state index contributed by atoms with van der Waals surface area (Å²) < 4.78 is 0. The number of H-pyrrole nitrogens is 1. The second-order valence-electron chi connectivity index (χ2n) is 8.46. The van der Waals surface area contributed by atoms with Crippen LogP contribution in [0.5, 0.6) is 0 Å². The number of pyridine rings is 1. The van der Waals surface area contributed by atoms with Crippen molar-refractivity contribution in [2.75, 3.05) is 25.0 Å². The topological polar surface area (TPSA) is 73.9 Å². The lowest BCUT2D eigenvalue weighted by Gasteiger charge is -2.29. The lowest BCUT2D eigenvalue weighted by atomic mass is 9.88. The maximum absolute atomic E-state index is 12.5. The molecule has 28 heavy (non-hydrogen) atoms. The number of benzene rings is 1. The minimum atomic E-state index is -0.0560. The van der Waals surface area contributed by atoms with E-state index < -0.39 is 0 Å². The van der Waals surface area contributed by atoms with Gasteiger partial charge in [0.05, 0.1) is 11.2 Å². The van der Waals surface area contributed by atoms with Crippen molar-refractivity contribution in [1.29, 1.82) is 0 Å². The van der Waals surface area contributed by atoms with Crippen LogP contribution in [0, 0.1) is 5.41 Å². The Morgan fingerprint density at radius 2 is 2.00 bits per heavy atom. The highest BCUT2D eigenvalue weighted by Gasteiger charge is 2.26. The van der Waals surface area contributed by atoms with Crippen LogP contribution in [0.1, 0.15) is 33.1 Å². The smallest absolute Gasteiger partial charge is 0.226 e. The van der Waals surface area contributed by atoms with Crippen molar-refractivity contribution < 1.29 is 4.79 Å². The van der Waals surface area contributed by atoms with E-state index in [-0.39, 0.29) is 11.3 Å². The first-order valence-electron chi connectivity index (χ1n) is 9.91. The SMILES string of the molecule is CC(C)(CC(=O)Nc1cc(-c2cnc3ccccc3c2)n[nH]1)CN1CCCC1. The number of aromatic nitrogens is 3. The minimum Gasteiger partial charge on any atom is -0.311 e. The Morgan fingerprint density at radius 3 is 2.82 bits per heavy atom. The van der Waals surface area contributed by atoms with E-state index in [4.69, 9.17) is 0 Å². The molecule has 0 radical (unpaired) electrons. The van der Waals surface area contributed by atoms with Crippen molar-refractivity contribution in [2.24, 2.45) is 5.41 Å². The van der Waals surface area contributed by atoms with Gasteiger partial charge in [-0.3, -0.25) is 14.9 Å². The number of anilines is 1. The standard InChI is InChI=1S/C22H27N5O/c1-22(2,15-27-9-5-6-10-27)13-21(28)24-20-12-19(25-26-20)17-11-16-7-3-4-8-18(16)23-14-17/h3-4,7-8,11-12,14H,5-6,9-10,13,15H2,1-2H3,(H2,24,25,26,28). The Hall–Kier alpha value is -2.73. The van der Waals surface area contributed by atoms with Crippen molar-refractivity contribution in [2.45, 2.75) is 33.1 Å². The van der Waals surface area contributed by atoms with E-state index in [1.807, 2.05) is 36.5 Å². The van der Waals surface area contributed by atoms with Gasteiger partial charge in [0.1, 0.15) is 5.82 Å². The highest BCUT2D eigenvalue weighted by atomic mass is 16.1. The summed E-state index contributed by atoms with van der Waals surface area (Å²) in [6.07, 6.45) is 4.82. The van der Waals surface area contributed by atoms with Gasteiger partial charge < -0.3 is 10.2 Å². The molecule has 3 aromatic rings. The van der Waals surface area contributed by atoms with Crippen molar-refractivity contribution in [1.82, 2.24) is 20.1 Å². The number of amides is 1. The van der Waals surface area contributed by atoms with Crippen LogP contribution in [0.2, 0.25) is 0 Å². The molecular formula is C22H27N5O. The molecule has 146 valence electrons. The van der Waals surface area contributed by atoms with E-state index in [1.165, 1.54) is 12.8 Å². The normalized spacial score (nSPS) is 15.2. The first kappa shape index (κ1) is 18.6. The second kappa shape index (κ2) is 7.72. The van der Waals surface area contributed by atoms with E-state index >= 15 is 0 Å². The number of nitrogens with one attached hydrogen (secondary N) is 2. The molecule has 0 bridgehead atoms. The summed E-state index contributed by atoms with van der Waals surface area (Å²) in [7, 11) is 0. The molecule has 0 atom stereocenters. The number of hydrogen-bond donors (Lipinski definition) is 2. The highest BCUT2D eigenvalue weighted by molar-refractivity contribution is 5.91. The van der Waals surface area contributed by atoms with E-state index in [0.29, 0.717) is 12.2 Å². The summed E-state index contributed by atoms with van der Waals surface area (Å²) in [5.41, 5.74) is 2.59. The summed E-state index contributed by atoms with van der Waals surface area (Å²) in [6.45, 7) is 7.56. The Labute approximate surface area is 165 Å². The molecule has 0 aliphatic carbocycles. The molecule has 1 aliphatic heterocycles. The molecule has 1 amide bonds. The monoisotopic (exact) mass is 377 g/mol. The average molecular weight is 377 g/mol. The van der Waals surface area contributed by atoms with E-state index in [9.17, 15) is 4.79 Å². The first-order valence-corrected chi connectivity index (χ1v) is 9.91. The molecule has 2 aromatic heterocycles. The number of carbonyl (C=O) groups is 1. The number of para-hydroxylation sites is 1. The summed E-state index contributed by atoms with van der Waals surface area (Å²) in [6, 6.07) is 11.9. The van der Waals surface area contributed by atoms with E-state index in [1.54, 1.807) is 0 Å². The molecular weight excluding hydrogens is 350 g/mol. The molecule has 1 saturated heterocycles. The summed E-state index contributed by atoms with van der Waals surface area (Å²) in [5, 5.41) is 11.3. The lowest BCUT2D eigenvalue weighted by Crippen LogP contribution is -2.35. The third-order valence-electron chi connectivity index (χ3n) is 5.23. The molecule has 1 fully saturated rings. The third kappa shape index (κ3) is 4.39. The van der Waals surface area contributed by atoms with Crippen molar-refractivity contribution in [3.63, 3.8) is 0 Å². The number of nitrogens with zero attached hydrogens (tertiary/aromatic N) is 3. The van der Waals surface area contributed by atoms with E-state index in [2.05, 4.69) is 45.3 Å². The van der Waals surface area contributed by atoms with Gasteiger partial charge in [-0.25, -0.2) is 0 Å². The zero-order chi connectivity index (χ0) is 19.6. The van der Waals surface area contributed by atoms with Crippen LogP contribution < -0.4 is 5.32 Å². The number of hydrogen-bond acceptors (Lipinski definition) is 4. The minimum absolute atomic E-state index is 0.0102. The maximum Gasteiger partial charge on any atom is 0.226 e. The zero-order valence-corrected chi connectivity index (χ0v) is 16.5. The second-order valence-corrected chi connectivity index (χ2v) is 8.46. The Morgan fingerprint density at radius 1 is 1.21 bits per heavy atom. The van der Waals surface area contributed by atoms with Gasteiger partial charge in [-0.05, 0) is 43.5 Å². The Bertz CT molecular complexity index is 972. The number of fused-ring (bicyclic) bond motifs is 1. The predicted molar refractivity (Wildman–Crippen MR) is 112 cm³/mol. The molecule has 1 aliphatic rings. The van der Waals surface area contributed by atoms with E-state index in [0.717, 1.165) is 41.8 Å². The van der Waals surface area contributed by atoms with Gasteiger partial charge in [-0.15, -0.1) is 0 Å². The van der Waals surface area contributed by atoms with Crippen LogP contribution in [0.3, 0.4) is 0 Å². The number of likely N-dealkylation sites (tertiary alicyclic amines) is 1. The largest absolute Gasteiger partial charge is 0.311 e. The third-order valence-corrected chi connectivity index (χ3v) is 5.23. The Balaban J connectivity index is 1.40. The highest BCUT2D eigenvalue weighted by Crippen LogP contribution is 2.26. The zero-order valence-electron chi connectivity index (χ0n) is 16.5. The van der Waals surface area contributed by atoms with Crippen molar-refractivity contribution >= 4 is 22.6 Å². The van der Waals surface area contributed by atoms with Gasteiger partial charge in [0, 0.05) is 36.2 Å². The molecule has 6 nitrogen and oxygen atoms in total. The fourth-order valence-electron chi connectivity index (χ4n) is 3.98. The molecule has 4 rings (SSSR count). The number of carbonyl (C=O) groups excluding carboxylic acids is 1. The van der Waals surface area contributed by atoms with Crippen LogP contribution in [0.4, 0.5) is 5.82 Å². The van der Waals surface area contributed by atoms with Crippen LogP contribution >= 0.6 is 0 Å². The molecule has 0 spiro atoms. The van der Waals surface area contributed by atoms with Crippen LogP contribution in [0.25, 0.3) is 22.2 Å². The van der Waals surface area contributed by atoms with Crippen LogP contribution in [-0.4, -0.2) is 45.6 Å². The van der Waals surface area contributed by atoms with Gasteiger partial charge in [-0.2, -0.15) is 5.10 Å². The fourth-order valence-corrected chi connectivity index (χ4v) is 3.98. The summed E-state index contributed by atoms with van der Waals surface area (Å²) in [5.74, 6) is 0.626. The summed E-state index contributed by atoms with van der Waals surface area (Å²) >= 11 is 0. The van der Waals surface area contributed by atoms with Gasteiger partial charge >= 0.3 is 0 Å². The molecule has 1 aromatic carbocycles.